The Kier molecular flexibility index (Phi) is 3.27. The van der Waals surface area contributed by atoms with Crippen molar-refractivity contribution in [3.63, 3.8) is 0 Å². The smallest absolute Gasteiger partial charge is 0.334 e. The number of nitrogens with zero attached hydrogens (tertiary/aromatic N) is 2. The van der Waals surface area contributed by atoms with E-state index >= 15 is 0 Å². The molecular formula is C11H9F4N3O. The van der Waals surface area contributed by atoms with Crippen LogP contribution in [0, 0.1) is 5.82 Å². The fourth-order valence-electron chi connectivity index (χ4n) is 1.39. The minimum absolute atomic E-state index is 0.0896. The molecule has 2 rings (SSSR count). The van der Waals surface area contributed by atoms with Crippen molar-refractivity contribution in [2.45, 2.75) is 19.1 Å². The molecule has 1 unspecified atom stereocenters. The largest absolute Gasteiger partial charge is 0.416 e. The van der Waals surface area contributed by atoms with Gasteiger partial charge in [0, 0.05) is 0 Å². The summed E-state index contributed by atoms with van der Waals surface area (Å²) in [6, 6.07) is 1.40. The van der Waals surface area contributed by atoms with E-state index in [4.69, 9.17) is 10.3 Å². The van der Waals surface area contributed by atoms with Crippen molar-refractivity contribution in [1.82, 2.24) is 10.1 Å². The average molecular weight is 275 g/mol. The van der Waals surface area contributed by atoms with Crippen LogP contribution < -0.4 is 5.73 Å². The number of hydrogen-bond donors (Lipinski definition) is 1. The van der Waals surface area contributed by atoms with E-state index in [0.29, 0.717) is 18.2 Å². The van der Waals surface area contributed by atoms with Crippen LogP contribution in [0.2, 0.25) is 0 Å². The van der Waals surface area contributed by atoms with Gasteiger partial charge < -0.3 is 10.3 Å². The molecule has 0 saturated carbocycles. The van der Waals surface area contributed by atoms with Crippen molar-refractivity contribution in [3.05, 3.63) is 35.4 Å². The van der Waals surface area contributed by atoms with Crippen molar-refractivity contribution < 1.29 is 22.1 Å². The lowest BCUT2D eigenvalue weighted by Gasteiger charge is -2.07. The number of hydrogen-bond acceptors (Lipinski definition) is 4. The molecule has 0 aliphatic heterocycles. The monoisotopic (exact) mass is 275 g/mol. The molecule has 102 valence electrons. The second-order valence-electron chi connectivity index (χ2n) is 3.94. The fraction of sp³-hybridized carbons (Fsp3) is 0.273. The first-order valence-corrected chi connectivity index (χ1v) is 5.25. The van der Waals surface area contributed by atoms with Gasteiger partial charge in [-0.1, -0.05) is 5.16 Å². The van der Waals surface area contributed by atoms with Crippen LogP contribution in [0.3, 0.4) is 0 Å². The summed E-state index contributed by atoms with van der Waals surface area (Å²) in [6.45, 7) is 1.57. The highest BCUT2D eigenvalue weighted by Crippen LogP contribution is 2.33. The standard InChI is InChI=1S/C11H9F4N3O/c1-5(16)9-17-10(19-18-9)7-4-6(11(13,14)15)2-3-8(7)12/h2-5H,16H2,1H3. The maximum Gasteiger partial charge on any atom is 0.416 e. The van der Waals surface area contributed by atoms with E-state index in [0.717, 1.165) is 0 Å². The molecule has 1 aromatic carbocycles. The molecule has 0 saturated heterocycles. The maximum absolute atomic E-state index is 13.5. The number of aromatic nitrogens is 2. The molecule has 4 nitrogen and oxygen atoms in total. The second kappa shape index (κ2) is 4.61. The summed E-state index contributed by atoms with van der Waals surface area (Å²) in [5.41, 5.74) is 4.08. The Labute approximate surface area is 105 Å². The van der Waals surface area contributed by atoms with E-state index in [1.54, 1.807) is 6.92 Å². The highest BCUT2D eigenvalue weighted by Gasteiger charge is 2.32. The predicted molar refractivity (Wildman–Crippen MR) is 57.3 cm³/mol. The third-order valence-electron chi connectivity index (χ3n) is 2.37. The molecule has 8 heteroatoms. The molecule has 1 atom stereocenters. The first-order chi connectivity index (χ1) is 8.79. The first-order valence-electron chi connectivity index (χ1n) is 5.25. The number of rotatable bonds is 2. The minimum Gasteiger partial charge on any atom is -0.334 e. The van der Waals surface area contributed by atoms with Crippen LogP contribution in [0.5, 0.6) is 0 Å². The Morgan fingerprint density at radius 2 is 2.00 bits per heavy atom. The van der Waals surface area contributed by atoms with E-state index in [-0.39, 0.29) is 11.7 Å². The number of alkyl halides is 3. The fourth-order valence-corrected chi connectivity index (χ4v) is 1.39. The SMILES string of the molecule is CC(N)c1noc(-c2cc(C(F)(F)F)ccc2F)n1. The van der Waals surface area contributed by atoms with Crippen molar-refractivity contribution >= 4 is 0 Å². The predicted octanol–water partition coefficient (Wildman–Crippen LogP) is 2.91. The summed E-state index contributed by atoms with van der Waals surface area (Å²) in [6.07, 6.45) is -4.58. The summed E-state index contributed by atoms with van der Waals surface area (Å²) >= 11 is 0. The molecule has 0 spiro atoms. The van der Waals surface area contributed by atoms with E-state index in [9.17, 15) is 17.6 Å². The van der Waals surface area contributed by atoms with Gasteiger partial charge in [-0.15, -0.1) is 0 Å². The van der Waals surface area contributed by atoms with Gasteiger partial charge in [-0.2, -0.15) is 18.2 Å². The average Bonchev–Trinajstić information content (AvgIpc) is 2.77. The summed E-state index contributed by atoms with van der Waals surface area (Å²) in [5, 5.41) is 3.47. The van der Waals surface area contributed by atoms with E-state index in [1.165, 1.54) is 0 Å². The third-order valence-corrected chi connectivity index (χ3v) is 2.37. The van der Waals surface area contributed by atoms with Gasteiger partial charge in [0.15, 0.2) is 5.82 Å². The first kappa shape index (κ1) is 13.5. The Bertz CT molecular complexity index is 592. The molecule has 0 bridgehead atoms. The highest BCUT2D eigenvalue weighted by molar-refractivity contribution is 5.55. The van der Waals surface area contributed by atoms with E-state index in [2.05, 4.69) is 10.1 Å². The van der Waals surface area contributed by atoms with Gasteiger partial charge >= 0.3 is 6.18 Å². The number of benzene rings is 1. The molecule has 0 radical (unpaired) electrons. The van der Waals surface area contributed by atoms with Gasteiger partial charge in [-0.25, -0.2) is 4.39 Å². The normalized spacial score (nSPS) is 13.6. The summed E-state index contributed by atoms with van der Waals surface area (Å²) < 4.78 is 55.9. The van der Waals surface area contributed by atoms with Crippen LogP contribution in [0.1, 0.15) is 24.4 Å². The second-order valence-corrected chi connectivity index (χ2v) is 3.94. The zero-order valence-corrected chi connectivity index (χ0v) is 9.70. The lowest BCUT2D eigenvalue weighted by Crippen LogP contribution is -2.07. The lowest BCUT2D eigenvalue weighted by molar-refractivity contribution is -0.137. The molecule has 0 aliphatic carbocycles. The summed E-state index contributed by atoms with van der Waals surface area (Å²) in [5.74, 6) is -1.13. The van der Waals surface area contributed by atoms with Gasteiger partial charge in [0.2, 0.25) is 0 Å². The molecule has 2 aromatic rings. The van der Waals surface area contributed by atoms with Gasteiger partial charge in [-0.05, 0) is 25.1 Å². The zero-order chi connectivity index (χ0) is 14.2. The Balaban J connectivity index is 2.48. The zero-order valence-electron chi connectivity index (χ0n) is 9.70. The molecular weight excluding hydrogens is 266 g/mol. The quantitative estimate of drug-likeness (QED) is 0.856. The summed E-state index contributed by atoms with van der Waals surface area (Å²) in [4.78, 5) is 3.75. The molecule has 19 heavy (non-hydrogen) atoms. The third kappa shape index (κ3) is 2.73. The van der Waals surface area contributed by atoms with Crippen molar-refractivity contribution in [3.8, 4) is 11.5 Å². The number of halogens is 4. The van der Waals surface area contributed by atoms with Crippen LogP contribution in [0.15, 0.2) is 22.7 Å². The van der Waals surface area contributed by atoms with Crippen LogP contribution >= 0.6 is 0 Å². The van der Waals surface area contributed by atoms with Crippen LogP contribution in [0.25, 0.3) is 11.5 Å². The molecule has 1 heterocycles. The topological polar surface area (TPSA) is 64.9 Å². The van der Waals surface area contributed by atoms with Crippen LogP contribution in [-0.4, -0.2) is 10.1 Å². The van der Waals surface area contributed by atoms with E-state index < -0.39 is 29.2 Å². The Morgan fingerprint density at radius 3 is 2.53 bits per heavy atom. The molecule has 0 fully saturated rings. The lowest BCUT2D eigenvalue weighted by atomic mass is 10.1. The minimum atomic E-state index is -4.58. The molecule has 0 amide bonds. The van der Waals surface area contributed by atoms with Crippen molar-refractivity contribution in [2.24, 2.45) is 5.73 Å². The van der Waals surface area contributed by atoms with Gasteiger partial charge in [0.25, 0.3) is 5.89 Å². The number of nitrogens with two attached hydrogens (primary N) is 1. The molecule has 0 aliphatic rings. The van der Waals surface area contributed by atoms with Gasteiger partial charge in [0.05, 0.1) is 17.2 Å². The van der Waals surface area contributed by atoms with Gasteiger partial charge in [-0.3, -0.25) is 0 Å². The van der Waals surface area contributed by atoms with Crippen LogP contribution in [-0.2, 0) is 6.18 Å². The Morgan fingerprint density at radius 1 is 1.32 bits per heavy atom. The van der Waals surface area contributed by atoms with Crippen molar-refractivity contribution in [2.75, 3.05) is 0 Å². The summed E-state index contributed by atoms with van der Waals surface area (Å²) in [7, 11) is 0. The van der Waals surface area contributed by atoms with Crippen LogP contribution in [0.4, 0.5) is 17.6 Å². The van der Waals surface area contributed by atoms with Crippen molar-refractivity contribution in [1.29, 1.82) is 0 Å². The van der Waals surface area contributed by atoms with E-state index in [1.807, 2.05) is 0 Å². The molecule has 2 N–H and O–H groups in total. The highest BCUT2D eigenvalue weighted by atomic mass is 19.4. The maximum atomic E-state index is 13.5. The molecule has 1 aromatic heterocycles. The Hall–Kier alpha value is -1.96. The van der Waals surface area contributed by atoms with Gasteiger partial charge in [0.1, 0.15) is 5.82 Å².